The number of hydrogen-bond donors (Lipinski definition) is 1. The lowest BCUT2D eigenvalue weighted by molar-refractivity contribution is -0.131. The van der Waals surface area contributed by atoms with E-state index in [4.69, 9.17) is 4.74 Å². The topological polar surface area (TPSA) is 46.5 Å². The van der Waals surface area contributed by atoms with Crippen molar-refractivity contribution in [1.82, 2.24) is 0 Å². The summed E-state index contributed by atoms with van der Waals surface area (Å²) in [6, 6.07) is 7.30. The van der Waals surface area contributed by atoms with Gasteiger partial charge in [-0.2, -0.15) is 0 Å². The quantitative estimate of drug-likeness (QED) is 0.910. The van der Waals surface area contributed by atoms with Gasteiger partial charge in [0.2, 0.25) is 0 Å². The smallest absolute Gasteiger partial charge is 0.138 e. The minimum absolute atomic E-state index is 0.131. The van der Waals surface area contributed by atoms with Gasteiger partial charge >= 0.3 is 0 Å². The Balaban J connectivity index is 2.16. The lowest BCUT2D eigenvalue weighted by Gasteiger charge is -2.36. The summed E-state index contributed by atoms with van der Waals surface area (Å²) in [5.74, 6) is 0.658. The van der Waals surface area contributed by atoms with Crippen LogP contribution < -0.4 is 4.74 Å². The minimum atomic E-state index is -0.710. The summed E-state index contributed by atoms with van der Waals surface area (Å²) in [6.45, 7) is 4.32. The van der Waals surface area contributed by atoms with E-state index in [1.165, 1.54) is 0 Å². The average molecular weight is 262 g/mol. The van der Waals surface area contributed by atoms with Crippen molar-refractivity contribution in [3.8, 4) is 5.75 Å². The predicted octanol–water partition coefficient (Wildman–Crippen LogP) is 3.12. The van der Waals surface area contributed by atoms with Crippen LogP contribution in [-0.2, 0) is 4.79 Å². The number of ketones is 1. The maximum atomic E-state index is 12.0. The van der Waals surface area contributed by atoms with Crippen LogP contribution in [0.5, 0.6) is 5.75 Å². The number of methoxy groups -OCH3 is 1. The number of aliphatic hydroxyl groups excluding tert-OH is 1. The Morgan fingerprint density at radius 1 is 1.32 bits per heavy atom. The molecule has 3 heteroatoms. The van der Waals surface area contributed by atoms with Gasteiger partial charge in [0.25, 0.3) is 0 Å². The number of hydrogen-bond acceptors (Lipinski definition) is 3. The molecule has 1 aliphatic carbocycles. The zero-order valence-electron chi connectivity index (χ0n) is 11.8. The Morgan fingerprint density at radius 2 is 1.95 bits per heavy atom. The van der Waals surface area contributed by atoms with E-state index in [0.717, 1.165) is 24.2 Å². The Kier molecular flexibility index (Phi) is 3.95. The minimum Gasteiger partial charge on any atom is -0.497 e. The predicted molar refractivity (Wildman–Crippen MR) is 74.1 cm³/mol. The molecule has 0 aliphatic heterocycles. The summed E-state index contributed by atoms with van der Waals surface area (Å²) in [5.41, 5.74) is 0.920. The molecule has 0 amide bonds. The van der Waals surface area contributed by atoms with E-state index in [-0.39, 0.29) is 17.1 Å². The van der Waals surface area contributed by atoms with Crippen molar-refractivity contribution >= 4 is 5.78 Å². The molecule has 1 fully saturated rings. The summed E-state index contributed by atoms with van der Waals surface area (Å²) in [6.07, 6.45) is 1.53. The van der Waals surface area contributed by atoms with Gasteiger partial charge in [0.1, 0.15) is 11.5 Å². The van der Waals surface area contributed by atoms with Gasteiger partial charge in [0.05, 0.1) is 13.2 Å². The summed E-state index contributed by atoms with van der Waals surface area (Å²) in [4.78, 5) is 12.0. The summed E-state index contributed by atoms with van der Waals surface area (Å²) < 4.78 is 5.10. The highest BCUT2D eigenvalue weighted by atomic mass is 16.5. The molecule has 1 saturated carbocycles. The molecule has 1 aromatic carbocycles. The van der Waals surface area contributed by atoms with Gasteiger partial charge in [-0.15, -0.1) is 0 Å². The van der Waals surface area contributed by atoms with Gasteiger partial charge in [-0.1, -0.05) is 26.0 Å². The second-order valence-electron chi connectivity index (χ2n) is 6.16. The number of Topliss-reactive ketones (excluding diaryl/α,β-unsaturated/α-hetero) is 1. The second kappa shape index (κ2) is 5.33. The van der Waals surface area contributed by atoms with Crippen LogP contribution >= 0.6 is 0 Å². The van der Waals surface area contributed by atoms with E-state index in [9.17, 15) is 9.90 Å². The molecule has 1 N–H and O–H groups in total. The highest BCUT2D eigenvalue weighted by Gasteiger charge is 2.37. The standard InChI is InChI=1S/C16H22O3/c1-16(2)9-8-14(17)13(10-16)15(18)11-4-6-12(19-3)7-5-11/h4-7,13,15,18H,8-10H2,1-3H3/t13-,15+/m1/s1. The fourth-order valence-corrected chi connectivity index (χ4v) is 2.78. The number of carbonyl (C=O) groups excluding carboxylic acids is 1. The monoisotopic (exact) mass is 262 g/mol. The first-order valence-corrected chi connectivity index (χ1v) is 6.78. The first-order chi connectivity index (χ1) is 8.93. The first kappa shape index (κ1) is 14.1. The third kappa shape index (κ3) is 3.16. The van der Waals surface area contributed by atoms with E-state index in [2.05, 4.69) is 13.8 Å². The zero-order valence-corrected chi connectivity index (χ0v) is 11.8. The van der Waals surface area contributed by atoms with Crippen molar-refractivity contribution in [3.05, 3.63) is 29.8 Å². The van der Waals surface area contributed by atoms with Crippen molar-refractivity contribution in [2.45, 2.75) is 39.2 Å². The van der Waals surface area contributed by atoms with Gasteiger partial charge in [-0.3, -0.25) is 4.79 Å². The van der Waals surface area contributed by atoms with Crippen LogP contribution in [-0.4, -0.2) is 18.0 Å². The van der Waals surface area contributed by atoms with E-state index in [0.29, 0.717) is 6.42 Å². The van der Waals surface area contributed by atoms with Gasteiger partial charge in [-0.25, -0.2) is 0 Å². The van der Waals surface area contributed by atoms with E-state index >= 15 is 0 Å². The Labute approximate surface area is 114 Å². The molecule has 104 valence electrons. The van der Waals surface area contributed by atoms with Crippen LogP contribution in [0.1, 0.15) is 44.8 Å². The number of carbonyl (C=O) groups is 1. The summed E-state index contributed by atoms with van der Waals surface area (Å²) >= 11 is 0. The third-order valence-corrected chi connectivity index (χ3v) is 4.07. The van der Waals surface area contributed by atoms with Crippen LogP contribution in [0.2, 0.25) is 0 Å². The zero-order chi connectivity index (χ0) is 14.0. The summed E-state index contributed by atoms with van der Waals surface area (Å²) in [7, 11) is 1.61. The van der Waals surface area contributed by atoms with Crippen LogP contribution in [0, 0.1) is 11.3 Å². The Hall–Kier alpha value is -1.35. The maximum Gasteiger partial charge on any atom is 0.138 e. The number of ether oxygens (including phenoxy) is 1. The van der Waals surface area contributed by atoms with Crippen molar-refractivity contribution in [2.75, 3.05) is 7.11 Å². The molecular weight excluding hydrogens is 240 g/mol. The van der Waals surface area contributed by atoms with Gasteiger partial charge in [0.15, 0.2) is 0 Å². The van der Waals surface area contributed by atoms with E-state index < -0.39 is 6.10 Å². The van der Waals surface area contributed by atoms with Crippen molar-refractivity contribution in [2.24, 2.45) is 11.3 Å². The molecule has 2 rings (SSSR count). The second-order valence-corrected chi connectivity index (χ2v) is 6.16. The molecule has 19 heavy (non-hydrogen) atoms. The van der Waals surface area contributed by atoms with Crippen LogP contribution in [0.15, 0.2) is 24.3 Å². The first-order valence-electron chi connectivity index (χ1n) is 6.78. The van der Waals surface area contributed by atoms with Crippen molar-refractivity contribution in [3.63, 3.8) is 0 Å². The Morgan fingerprint density at radius 3 is 2.53 bits per heavy atom. The van der Waals surface area contributed by atoms with Gasteiger partial charge < -0.3 is 9.84 Å². The number of benzene rings is 1. The fraction of sp³-hybridized carbons (Fsp3) is 0.562. The highest BCUT2D eigenvalue weighted by molar-refractivity contribution is 5.82. The summed E-state index contributed by atoms with van der Waals surface area (Å²) in [5, 5.41) is 10.4. The van der Waals surface area contributed by atoms with Crippen LogP contribution in [0.4, 0.5) is 0 Å². The van der Waals surface area contributed by atoms with Crippen molar-refractivity contribution < 1.29 is 14.6 Å². The van der Waals surface area contributed by atoms with E-state index in [1.807, 2.05) is 24.3 Å². The molecule has 0 unspecified atom stereocenters. The maximum absolute atomic E-state index is 12.0. The van der Waals surface area contributed by atoms with E-state index in [1.54, 1.807) is 7.11 Å². The number of rotatable bonds is 3. The van der Waals surface area contributed by atoms with Gasteiger partial charge in [0, 0.05) is 12.3 Å². The van der Waals surface area contributed by atoms with Crippen LogP contribution in [0.25, 0.3) is 0 Å². The third-order valence-electron chi connectivity index (χ3n) is 4.07. The van der Waals surface area contributed by atoms with Crippen molar-refractivity contribution in [1.29, 1.82) is 0 Å². The molecule has 2 atom stereocenters. The Bertz CT molecular complexity index is 448. The van der Waals surface area contributed by atoms with Crippen LogP contribution in [0.3, 0.4) is 0 Å². The molecule has 1 aliphatic rings. The normalized spacial score (nSPS) is 24.0. The molecule has 0 aromatic heterocycles. The molecule has 0 saturated heterocycles. The SMILES string of the molecule is COc1ccc([C@H](O)[C@@H]2CC(C)(C)CCC2=O)cc1. The molecule has 0 spiro atoms. The highest BCUT2D eigenvalue weighted by Crippen LogP contribution is 2.41. The largest absolute Gasteiger partial charge is 0.497 e. The molecule has 0 radical (unpaired) electrons. The lowest BCUT2D eigenvalue weighted by Crippen LogP contribution is -2.33. The molecule has 1 aromatic rings. The number of aliphatic hydroxyl groups is 1. The fourth-order valence-electron chi connectivity index (χ4n) is 2.78. The van der Waals surface area contributed by atoms with Gasteiger partial charge in [-0.05, 0) is 36.0 Å². The molecule has 0 bridgehead atoms. The molecular formula is C16H22O3. The lowest BCUT2D eigenvalue weighted by atomic mass is 9.69. The molecule has 0 heterocycles. The molecule has 3 nitrogen and oxygen atoms in total. The average Bonchev–Trinajstić information content (AvgIpc) is 2.41.